The van der Waals surface area contributed by atoms with E-state index in [0.29, 0.717) is 12.3 Å². The van der Waals surface area contributed by atoms with Gasteiger partial charge in [0.05, 0.1) is 0 Å². The summed E-state index contributed by atoms with van der Waals surface area (Å²) in [4.78, 5) is 0. The van der Waals surface area contributed by atoms with Crippen molar-refractivity contribution in [3.8, 4) is 0 Å². The molecule has 2 aromatic rings. The van der Waals surface area contributed by atoms with Crippen molar-refractivity contribution in [2.24, 2.45) is 5.92 Å². The number of hydrogen-bond acceptors (Lipinski definition) is 1. The molecule has 1 nitrogen and oxygen atoms in total. The maximum absolute atomic E-state index is 12.7. The van der Waals surface area contributed by atoms with Crippen LogP contribution in [0, 0.1) is 5.92 Å². The molecule has 0 aliphatic rings. The molecule has 1 heteroatoms. The van der Waals surface area contributed by atoms with Gasteiger partial charge in [-0.15, -0.1) is 0 Å². The molecule has 0 heterocycles. The van der Waals surface area contributed by atoms with Gasteiger partial charge in [-0.3, -0.25) is 0 Å². The van der Waals surface area contributed by atoms with E-state index in [0.717, 1.165) is 11.1 Å². The van der Waals surface area contributed by atoms with E-state index in [1.54, 1.807) is 0 Å². The van der Waals surface area contributed by atoms with Crippen molar-refractivity contribution < 1.29 is 5.11 Å². The molecule has 0 bridgehead atoms. The van der Waals surface area contributed by atoms with E-state index in [1.807, 2.05) is 0 Å². The van der Waals surface area contributed by atoms with Gasteiger partial charge in [0, 0.05) is 0 Å². The first kappa shape index (κ1) is 28.6. The van der Waals surface area contributed by atoms with Crippen molar-refractivity contribution in [2.45, 2.75) is 131 Å². The van der Waals surface area contributed by atoms with Crippen LogP contribution in [0.4, 0.5) is 0 Å². The molecule has 0 aliphatic carbocycles. The molecule has 0 radical (unpaired) electrons. The molecular formula is C33H52O. The predicted molar refractivity (Wildman–Crippen MR) is 150 cm³/mol. The topological polar surface area (TPSA) is 20.2 Å². The lowest BCUT2D eigenvalue weighted by atomic mass is 9.71. The Morgan fingerprint density at radius 3 is 0.853 bits per heavy atom. The van der Waals surface area contributed by atoms with Crippen molar-refractivity contribution in [1.29, 1.82) is 0 Å². The number of aliphatic hydroxyl groups is 1. The standard InChI is InChI=1S/C33H52O/c1-22(2)21-33(34,27-17-23(29(3,4)5)15-24(18-27)30(6,7)8)28-19-25(31(9,10)11)16-26(20-28)32(12,13)14/h15-20,22,34H,21H2,1-14H3. The minimum Gasteiger partial charge on any atom is -0.380 e. The Balaban J connectivity index is 2.98. The van der Waals surface area contributed by atoms with Gasteiger partial charge in [-0.25, -0.2) is 0 Å². The Labute approximate surface area is 211 Å². The lowest BCUT2D eigenvalue weighted by Gasteiger charge is -2.36. The molecule has 2 aromatic carbocycles. The fraction of sp³-hybridized carbons (Fsp3) is 0.636. The third-order valence-electron chi connectivity index (χ3n) is 6.99. The molecule has 0 amide bonds. The van der Waals surface area contributed by atoms with E-state index >= 15 is 0 Å². The first-order chi connectivity index (χ1) is 15.0. The highest BCUT2D eigenvalue weighted by molar-refractivity contribution is 5.48. The predicted octanol–water partition coefficient (Wildman–Crippen LogP) is 9.16. The summed E-state index contributed by atoms with van der Waals surface area (Å²) in [6.45, 7) is 31.6. The number of rotatable bonds is 4. The van der Waals surface area contributed by atoms with E-state index in [1.165, 1.54) is 22.3 Å². The summed E-state index contributed by atoms with van der Waals surface area (Å²) in [7, 11) is 0. The van der Waals surface area contributed by atoms with Gasteiger partial charge in [-0.05, 0) is 67.4 Å². The van der Waals surface area contributed by atoms with Crippen LogP contribution in [0.5, 0.6) is 0 Å². The average Bonchev–Trinajstić information content (AvgIpc) is 2.64. The SMILES string of the molecule is CC(C)CC(O)(c1cc(C(C)(C)C)cc(C(C)(C)C)c1)c1cc(C(C)(C)C)cc(C(C)(C)C)c1. The molecule has 0 saturated heterocycles. The zero-order valence-corrected chi connectivity index (χ0v) is 24.7. The quantitative estimate of drug-likeness (QED) is 0.478. The summed E-state index contributed by atoms with van der Waals surface area (Å²) >= 11 is 0. The molecule has 0 unspecified atom stereocenters. The molecule has 190 valence electrons. The van der Waals surface area contributed by atoms with E-state index in [4.69, 9.17) is 0 Å². The monoisotopic (exact) mass is 464 g/mol. The summed E-state index contributed by atoms with van der Waals surface area (Å²) in [6.07, 6.45) is 0.682. The van der Waals surface area contributed by atoms with Crippen LogP contribution >= 0.6 is 0 Å². The summed E-state index contributed by atoms with van der Waals surface area (Å²) in [5.41, 5.74) is 6.08. The molecule has 0 fully saturated rings. The van der Waals surface area contributed by atoms with Crippen molar-refractivity contribution in [3.63, 3.8) is 0 Å². The molecule has 0 aliphatic heterocycles. The van der Waals surface area contributed by atoms with E-state index < -0.39 is 5.60 Å². The van der Waals surface area contributed by atoms with Crippen LogP contribution in [-0.4, -0.2) is 5.11 Å². The molecular weight excluding hydrogens is 412 g/mol. The number of hydrogen-bond donors (Lipinski definition) is 1. The van der Waals surface area contributed by atoms with E-state index in [2.05, 4.69) is 133 Å². The normalized spacial score (nSPS) is 14.1. The average molecular weight is 465 g/mol. The second kappa shape index (κ2) is 9.12. The van der Waals surface area contributed by atoms with Crippen LogP contribution in [0.1, 0.15) is 137 Å². The maximum Gasteiger partial charge on any atom is 0.115 e. The summed E-state index contributed by atoms with van der Waals surface area (Å²) in [6, 6.07) is 13.7. The first-order valence-electron chi connectivity index (χ1n) is 13.1. The van der Waals surface area contributed by atoms with Crippen molar-refractivity contribution >= 4 is 0 Å². The minimum absolute atomic E-state index is 0.00141. The van der Waals surface area contributed by atoms with E-state index in [-0.39, 0.29) is 21.7 Å². The Morgan fingerprint density at radius 1 is 0.471 bits per heavy atom. The first-order valence-corrected chi connectivity index (χ1v) is 13.1. The lowest BCUT2D eigenvalue weighted by molar-refractivity contribution is 0.0569. The molecule has 0 saturated carbocycles. The highest BCUT2D eigenvalue weighted by atomic mass is 16.3. The molecule has 0 atom stereocenters. The van der Waals surface area contributed by atoms with Crippen LogP contribution in [0.25, 0.3) is 0 Å². The van der Waals surface area contributed by atoms with Gasteiger partial charge in [0.2, 0.25) is 0 Å². The second-order valence-corrected chi connectivity index (χ2v) is 15.1. The zero-order chi connectivity index (χ0) is 26.5. The molecule has 34 heavy (non-hydrogen) atoms. The summed E-state index contributed by atoms with van der Waals surface area (Å²) in [5.74, 6) is 0.345. The molecule has 2 rings (SSSR count). The van der Waals surface area contributed by atoms with Gasteiger partial charge in [-0.2, -0.15) is 0 Å². The Hall–Kier alpha value is -1.60. The molecule has 0 aromatic heterocycles. The van der Waals surface area contributed by atoms with Crippen LogP contribution < -0.4 is 0 Å². The van der Waals surface area contributed by atoms with Crippen molar-refractivity contribution in [2.75, 3.05) is 0 Å². The van der Waals surface area contributed by atoms with Crippen molar-refractivity contribution in [1.82, 2.24) is 0 Å². The van der Waals surface area contributed by atoms with Crippen LogP contribution in [0.15, 0.2) is 36.4 Å². The smallest absolute Gasteiger partial charge is 0.115 e. The summed E-state index contributed by atoms with van der Waals surface area (Å²) < 4.78 is 0. The number of benzene rings is 2. The van der Waals surface area contributed by atoms with Gasteiger partial charge >= 0.3 is 0 Å². The lowest BCUT2D eigenvalue weighted by Crippen LogP contribution is -2.32. The van der Waals surface area contributed by atoms with Gasteiger partial charge in [0.25, 0.3) is 0 Å². The van der Waals surface area contributed by atoms with Crippen LogP contribution in [0.2, 0.25) is 0 Å². The Kier molecular flexibility index (Phi) is 7.68. The minimum atomic E-state index is -1.06. The fourth-order valence-electron chi connectivity index (χ4n) is 4.46. The second-order valence-electron chi connectivity index (χ2n) is 15.1. The molecule has 1 N–H and O–H groups in total. The van der Waals surface area contributed by atoms with Crippen LogP contribution in [-0.2, 0) is 27.3 Å². The van der Waals surface area contributed by atoms with Gasteiger partial charge in [0.15, 0.2) is 0 Å². The van der Waals surface area contributed by atoms with Crippen LogP contribution in [0.3, 0.4) is 0 Å². The van der Waals surface area contributed by atoms with Crippen molar-refractivity contribution in [3.05, 3.63) is 69.8 Å². The highest BCUT2D eigenvalue weighted by Crippen LogP contribution is 2.42. The zero-order valence-electron chi connectivity index (χ0n) is 24.7. The third kappa shape index (κ3) is 6.54. The third-order valence-corrected chi connectivity index (χ3v) is 6.99. The largest absolute Gasteiger partial charge is 0.380 e. The molecule has 0 spiro atoms. The van der Waals surface area contributed by atoms with E-state index in [9.17, 15) is 5.11 Å². The van der Waals surface area contributed by atoms with Gasteiger partial charge in [-0.1, -0.05) is 133 Å². The summed E-state index contributed by atoms with van der Waals surface area (Å²) in [5, 5.41) is 12.7. The maximum atomic E-state index is 12.7. The highest BCUT2D eigenvalue weighted by Gasteiger charge is 2.36. The fourth-order valence-corrected chi connectivity index (χ4v) is 4.46. The van der Waals surface area contributed by atoms with Gasteiger partial charge in [0.1, 0.15) is 5.60 Å². The Bertz CT molecular complexity index is 855. The van der Waals surface area contributed by atoms with Gasteiger partial charge < -0.3 is 5.11 Å². The Morgan fingerprint density at radius 2 is 0.676 bits per heavy atom.